The zero-order valence-corrected chi connectivity index (χ0v) is 18.4. The van der Waals surface area contributed by atoms with Crippen LogP contribution in [0.3, 0.4) is 0 Å². The van der Waals surface area contributed by atoms with Crippen LogP contribution in [0, 0.1) is 0 Å². The van der Waals surface area contributed by atoms with Crippen LogP contribution in [0.25, 0.3) is 16.7 Å². The van der Waals surface area contributed by atoms with Crippen molar-refractivity contribution in [1.29, 1.82) is 0 Å². The summed E-state index contributed by atoms with van der Waals surface area (Å²) in [7, 11) is 0. The number of aromatic nitrogens is 4. The first-order chi connectivity index (χ1) is 15.0. The molecule has 4 rings (SSSR count). The van der Waals surface area contributed by atoms with Crippen molar-refractivity contribution < 1.29 is 4.79 Å². The molecule has 0 aliphatic heterocycles. The molecular weight excluding hydrogens is 408 g/mol. The van der Waals surface area contributed by atoms with E-state index in [1.54, 1.807) is 16.7 Å². The Bertz CT molecular complexity index is 1320. The Morgan fingerprint density at radius 1 is 1.16 bits per heavy atom. The third kappa shape index (κ3) is 3.93. The average molecular weight is 433 g/mol. The van der Waals surface area contributed by atoms with E-state index in [9.17, 15) is 9.59 Å². The van der Waals surface area contributed by atoms with Gasteiger partial charge in [0.1, 0.15) is 0 Å². The average Bonchev–Trinajstić information content (AvgIpc) is 3.23. The highest BCUT2D eigenvalue weighted by Gasteiger charge is 2.17. The second-order valence-corrected chi connectivity index (χ2v) is 8.43. The Hall–Kier alpha value is -3.19. The fraction of sp³-hybridized carbons (Fsp3) is 0.250. The van der Waals surface area contributed by atoms with Crippen LogP contribution in [0.4, 0.5) is 0 Å². The van der Waals surface area contributed by atoms with E-state index in [1.165, 1.54) is 17.3 Å². The molecule has 0 saturated heterocycles. The van der Waals surface area contributed by atoms with Crippen LogP contribution in [0.2, 0.25) is 0 Å². The number of nitrogens with zero attached hydrogens (tertiary/aromatic N) is 4. The van der Waals surface area contributed by atoms with Crippen molar-refractivity contribution in [3.8, 4) is 0 Å². The summed E-state index contributed by atoms with van der Waals surface area (Å²) in [5, 5.41) is 9.66. The molecule has 0 amide bonds. The van der Waals surface area contributed by atoms with Gasteiger partial charge in [0.05, 0.1) is 16.7 Å². The van der Waals surface area contributed by atoms with E-state index in [2.05, 4.69) is 30.6 Å². The molecule has 4 aromatic rings. The Balaban J connectivity index is 1.66. The number of hydrogen-bond donors (Lipinski definition) is 0. The smallest absolute Gasteiger partial charge is 0.263 e. The zero-order valence-electron chi connectivity index (χ0n) is 17.6. The molecule has 2 aromatic carbocycles. The molecule has 1 atom stereocenters. The fourth-order valence-electron chi connectivity index (χ4n) is 3.57. The molecule has 2 heterocycles. The summed E-state index contributed by atoms with van der Waals surface area (Å²) in [5.74, 6) is 1.18. The maximum absolute atomic E-state index is 12.9. The molecule has 0 spiro atoms. The monoisotopic (exact) mass is 432 g/mol. The van der Waals surface area contributed by atoms with Gasteiger partial charge >= 0.3 is 0 Å². The number of carbonyl (C=O) groups excluding carboxylic acids is 1. The Labute approximate surface area is 184 Å². The number of para-hydroxylation sites is 1. The number of allylic oxidation sites excluding steroid dienone is 1. The minimum atomic E-state index is -0.135. The van der Waals surface area contributed by atoms with Gasteiger partial charge in [-0.2, -0.15) is 0 Å². The summed E-state index contributed by atoms with van der Waals surface area (Å²) < 4.78 is 3.38. The Morgan fingerprint density at radius 3 is 2.61 bits per heavy atom. The topological polar surface area (TPSA) is 69.3 Å². The lowest BCUT2D eigenvalue weighted by Gasteiger charge is -2.10. The molecule has 0 aliphatic rings. The lowest BCUT2D eigenvalue weighted by Crippen LogP contribution is -2.22. The van der Waals surface area contributed by atoms with Crippen molar-refractivity contribution >= 4 is 34.2 Å². The van der Waals surface area contributed by atoms with Crippen LogP contribution in [0.15, 0.2) is 71.1 Å². The van der Waals surface area contributed by atoms with E-state index in [0.717, 1.165) is 11.9 Å². The van der Waals surface area contributed by atoms with E-state index in [-0.39, 0.29) is 17.1 Å². The fourth-order valence-corrected chi connectivity index (χ4v) is 4.40. The highest BCUT2D eigenvalue weighted by molar-refractivity contribution is 7.99. The molecule has 0 fully saturated rings. The van der Waals surface area contributed by atoms with Crippen molar-refractivity contribution in [3.63, 3.8) is 0 Å². The number of benzene rings is 2. The van der Waals surface area contributed by atoms with E-state index >= 15 is 0 Å². The van der Waals surface area contributed by atoms with Gasteiger partial charge in [0, 0.05) is 12.1 Å². The number of fused-ring (bicyclic) bond motifs is 3. The van der Waals surface area contributed by atoms with Gasteiger partial charge in [-0.15, -0.1) is 16.8 Å². The van der Waals surface area contributed by atoms with Crippen molar-refractivity contribution in [2.45, 2.75) is 37.9 Å². The van der Waals surface area contributed by atoms with Crippen LogP contribution < -0.4 is 5.56 Å². The number of rotatable bonds is 8. The van der Waals surface area contributed by atoms with Gasteiger partial charge in [0.25, 0.3) is 5.56 Å². The van der Waals surface area contributed by atoms with Gasteiger partial charge in [-0.05, 0) is 30.0 Å². The maximum Gasteiger partial charge on any atom is 0.263 e. The first-order valence-electron chi connectivity index (χ1n) is 10.3. The number of Topliss-reactive ketones (excluding diaryl/α,β-unsaturated/α-hetero) is 1. The predicted molar refractivity (Wildman–Crippen MR) is 125 cm³/mol. The third-order valence-corrected chi connectivity index (χ3v) is 6.47. The van der Waals surface area contributed by atoms with Gasteiger partial charge in [-0.1, -0.05) is 68.1 Å². The normalized spacial score (nSPS) is 12.3. The number of thioether (sulfide) groups is 1. The Morgan fingerprint density at radius 2 is 1.90 bits per heavy atom. The van der Waals surface area contributed by atoms with Gasteiger partial charge in [-0.25, -0.2) is 0 Å². The molecule has 7 heteroatoms. The molecule has 158 valence electrons. The molecule has 0 N–H and O–H groups in total. The predicted octanol–water partition coefficient (Wildman–Crippen LogP) is 4.72. The summed E-state index contributed by atoms with van der Waals surface area (Å²) in [4.78, 5) is 25.6. The number of carbonyl (C=O) groups is 1. The molecule has 0 aliphatic carbocycles. The van der Waals surface area contributed by atoms with Crippen molar-refractivity contribution in [2.75, 3.05) is 5.75 Å². The van der Waals surface area contributed by atoms with Gasteiger partial charge < -0.3 is 0 Å². The number of ketones is 1. The minimum absolute atomic E-state index is 0.0289. The van der Waals surface area contributed by atoms with Crippen LogP contribution in [-0.2, 0) is 6.54 Å². The minimum Gasteiger partial charge on any atom is -0.293 e. The van der Waals surface area contributed by atoms with Gasteiger partial charge in [0.2, 0.25) is 5.78 Å². The molecule has 0 saturated carbocycles. The molecule has 0 radical (unpaired) electrons. The van der Waals surface area contributed by atoms with E-state index < -0.39 is 0 Å². The maximum atomic E-state index is 12.9. The first kappa shape index (κ1) is 21.1. The lowest BCUT2D eigenvalue weighted by molar-refractivity contribution is 0.102. The van der Waals surface area contributed by atoms with E-state index in [1.807, 2.05) is 46.9 Å². The van der Waals surface area contributed by atoms with Crippen LogP contribution in [-0.4, -0.2) is 30.7 Å². The van der Waals surface area contributed by atoms with Crippen molar-refractivity contribution in [2.24, 2.45) is 0 Å². The second-order valence-electron chi connectivity index (χ2n) is 7.48. The van der Waals surface area contributed by atoms with E-state index in [4.69, 9.17) is 0 Å². The first-order valence-corrected chi connectivity index (χ1v) is 11.3. The largest absolute Gasteiger partial charge is 0.293 e. The standard InChI is InChI=1S/C24H24N4O2S/c1-4-14-27-22(30)19-8-6-7-9-20(19)28-23(27)25-26-24(28)31-15-21(29)18-12-10-17(11-13-18)16(3)5-2/h4,6-13,16H,1,5,14-15H2,2-3H3. The molecule has 2 aromatic heterocycles. The molecule has 6 nitrogen and oxygen atoms in total. The summed E-state index contributed by atoms with van der Waals surface area (Å²) >= 11 is 1.32. The summed E-state index contributed by atoms with van der Waals surface area (Å²) in [6, 6.07) is 15.2. The van der Waals surface area contributed by atoms with E-state index in [0.29, 0.717) is 34.3 Å². The molecular formula is C24H24N4O2S. The van der Waals surface area contributed by atoms with Crippen LogP contribution >= 0.6 is 11.8 Å². The lowest BCUT2D eigenvalue weighted by atomic mass is 9.97. The van der Waals surface area contributed by atoms with Crippen LogP contribution in [0.1, 0.15) is 42.1 Å². The second kappa shape index (κ2) is 8.89. The van der Waals surface area contributed by atoms with Crippen molar-refractivity contribution in [1.82, 2.24) is 19.2 Å². The van der Waals surface area contributed by atoms with Crippen LogP contribution in [0.5, 0.6) is 0 Å². The zero-order chi connectivity index (χ0) is 22.0. The molecule has 31 heavy (non-hydrogen) atoms. The molecule has 1 unspecified atom stereocenters. The quantitative estimate of drug-likeness (QED) is 0.229. The van der Waals surface area contributed by atoms with Crippen molar-refractivity contribution in [3.05, 3.63) is 82.7 Å². The highest BCUT2D eigenvalue weighted by Crippen LogP contribution is 2.23. The summed E-state index contributed by atoms with van der Waals surface area (Å²) in [6.45, 7) is 8.40. The summed E-state index contributed by atoms with van der Waals surface area (Å²) in [6.07, 6.45) is 2.72. The third-order valence-electron chi connectivity index (χ3n) is 5.54. The Kier molecular flexibility index (Phi) is 6.04. The highest BCUT2D eigenvalue weighted by atomic mass is 32.2. The summed E-state index contributed by atoms with van der Waals surface area (Å²) in [5.41, 5.74) is 2.51. The SMILES string of the molecule is C=CCn1c(=O)c2ccccc2n2c(SCC(=O)c3ccc(C(C)CC)cc3)nnc12. The van der Waals surface area contributed by atoms with Gasteiger partial charge in [-0.3, -0.25) is 18.6 Å². The number of hydrogen-bond acceptors (Lipinski definition) is 5. The van der Waals surface area contributed by atoms with Gasteiger partial charge in [0.15, 0.2) is 10.9 Å². The molecule has 0 bridgehead atoms.